The minimum atomic E-state index is 0.155. The number of rotatable bonds is 7. The number of anilines is 3. The maximum atomic E-state index is 9.34. The number of thiophene rings is 1. The van der Waals surface area contributed by atoms with E-state index in [4.69, 9.17) is 9.97 Å². The Labute approximate surface area is 223 Å². The van der Waals surface area contributed by atoms with Crippen molar-refractivity contribution in [3.05, 3.63) is 42.4 Å². The molecule has 0 spiro atoms. The molecule has 3 aliphatic rings. The quantitative estimate of drug-likeness (QED) is 0.286. The van der Waals surface area contributed by atoms with Crippen molar-refractivity contribution in [1.82, 2.24) is 30.0 Å². The molecule has 7 heterocycles. The lowest BCUT2D eigenvalue weighted by Crippen LogP contribution is -2.68. The molecule has 0 amide bonds. The second kappa shape index (κ2) is 8.97. The molecule has 7 rings (SSSR count). The van der Waals surface area contributed by atoms with Gasteiger partial charge in [-0.15, -0.1) is 11.3 Å². The number of hydrogen-bond donors (Lipinski definition) is 3. The van der Waals surface area contributed by atoms with E-state index in [9.17, 15) is 5.26 Å². The van der Waals surface area contributed by atoms with Crippen molar-refractivity contribution in [1.29, 1.82) is 5.26 Å². The molecule has 1 unspecified atom stereocenters. The standard InChI is InChI=1S/C26H27N9S2/c1-15-9-21(34-33-15)30-23-20-12-22(36-19-3-2-8-28-14-19)37-24(20)32-25(31-23)29-16-10-17-4-5-26(6-7-27)13-18(11-16)35(17)26/h2-3,8-9,12,14,16-18H,4-6,10-11,13H2,1H3,(H3,29,30,31,32,33,34)/t16-,17-,18-,26?/m1/s1. The van der Waals surface area contributed by atoms with Crippen LogP contribution >= 0.6 is 23.1 Å². The Balaban J connectivity index is 1.16. The van der Waals surface area contributed by atoms with Crippen molar-refractivity contribution in [2.24, 2.45) is 0 Å². The molecule has 37 heavy (non-hydrogen) atoms. The lowest BCUT2D eigenvalue weighted by molar-refractivity contribution is -0.0880. The van der Waals surface area contributed by atoms with E-state index >= 15 is 0 Å². The Morgan fingerprint density at radius 3 is 3.03 bits per heavy atom. The second-order valence-corrected chi connectivity index (χ2v) is 12.8. The molecule has 188 valence electrons. The zero-order valence-corrected chi connectivity index (χ0v) is 22.1. The van der Waals surface area contributed by atoms with Crippen LogP contribution in [0.5, 0.6) is 0 Å². The van der Waals surface area contributed by atoms with Crippen LogP contribution in [0.3, 0.4) is 0 Å². The van der Waals surface area contributed by atoms with Gasteiger partial charge in [0.05, 0.1) is 22.1 Å². The van der Waals surface area contributed by atoms with Crippen LogP contribution in [0, 0.1) is 18.3 Å². The zero-order valence-electron chi connectivity index (χ0n) is 20.4. The maximum absolute atomic E-state index is 9.34. The highest BCUT2D eigenvalue weighted by Crippen LogP contribution is 2.55. The normalized spacial score (nSPS) is 26.4. The fourth-order valence-corrected chi connectivity index (χ4v) is 8.65. The van der Waals surface area contributed by atoms with E-state index in [1.54, 1.807) is 29.3 Å². The molecule has 0 aromatic carbocycles. The third-order valence-corrected chi connectivity index (χ3v) is 10.0. The molecule has 3 aliphatic heterocycles. The minimum Gasteiger partial charge on any atom is -0.351 e. The van der Waals surface area contributed by atoms with Crippen molar-refractivity contribution in [3.63, 3.8) is 0 Å². The maximum Gasteiger partial charge on any atom is 0.226 e. The number of aromatic nitrogens is 5. The average Bonchev–Trinajstić information content (AvgIpc) is 3.55. The van der Waals surface area contributed by atoms with Gasteiger partial charge in [-0.1, -0.05) is 11.8 Å². The van der Waals surface area contributed by atoms with Gasteiger partial charge in [-0.2, -0.15) is 15.3 Å². The molecule has 4 atom stereocenters. The number of aryl methyl sites for hydroxylation is 1. The number of aromatic amines is 1. The number of pyridine rings is 1. The molecule has 4 aromatic heterocycles. The Hall–Kier alpha value is -3.20. The molecule has 11 heteroatoms. The number of H-pyrrole nitrogens is 1. The number of hydrogen-bond acceptors (Lipinski definition) is 10. The third kappa shape index (κ3) is 4.13. The van der Waals surface area contributed by atoms with Gasteiger partial charge in [0, 0.05) is 52.7 Å². The summed E-state index contributed by atoms with van der Waals surface area (Å²) in [7, 11) is 0. The molecular weight excluding hydrogens is 502 g/mol. The summed E-state index contributed by atoms with van der Waals surface area (Å²) in [4.78, 5) is 18.8. The fourth-order valence-electron chi connectivity index (χ4n) is 6.53. The van der Waals surface area contributed by atoms with Crippen LogP contribution in [0.1, 0.15) is 44.2 Å². The lowest BCUT2D eigenvalue weighted by Gasteiger charge is -2.59. The Morgan fingerprint density at radius 1 is 1.30 bits per heavy atom. The first kappa shape index (κ1) is 23.0. The molecule has 0 radical (unpaired) electrons. The van der Waals surface area contributed by atoms with Crippen LogP contribution in [0.25, 0.3) is 10.2 Å². The Morgan fingerprint density at radius 2 is 2.22 bits per heavy atom. The minimum absolute atomic E-state index is 0.155. The molecule has 9 nitrogen and oxygen atoms in total. The predicted octanol–water partition coefficient (Wildman–Crippen LogP) is 5.48. The zero-order chi connectivity index (χ0) is 25.0. The van der Waals surface area contributed by atoms with Crippen molar-refractivity contribution in [3.8, 4) is 6.07 Å². The van der Waals surface area contributed by atoms with E-state index in [1.807, 2.05) is 25.3 Å². The molecule has 3 fully saturated rings. The van der Waals surface area contributed by atoms with Crippen LogP contribution in [0.2, 0.25) is 0 Å². The number of nitriles is 1. The molecule has 0 saturated carbocycles. The van der Waals surface area contributed by atoms with Crippen molar-refractivity contribution >= 4 is 50.9 Å². The number of fused-ring (bicyclic) bond motifs is 1. The molecule has 3 N–H and O–H groups in total. The molecular formula is C26H27N9S2. The van der Waals surface area contributed by atoms with Crippen LogP contribution in [-0.4, -0.2) is 53.7 Å². The topological polar surface area (TPSA) is 118 Å². The van der Waals surface area contributed by atoms with E-state index in [-0.39, 0.29) is 5.54 Å². The highest BCUT2D eigenvalue weighted by atomic mass is 32.2. The molecule has 0 bridgehead atoms. The van der Waals surface area contributed by atoms with Gasteiger partial charge in [0.2, 0.25) is 5.95 Å². The van der Waals surface area contributed by atoms with Gasteiger partial charge in [-0.05, 0) is 57.2 Å². The van der Waals surface area contributed by atoms with E-state index < -0.39 is 0 Å². The smallest absolute Gasteiger partial charge is 0.226 e. The van der Waals surface area contributed by atoms with Gasteiger partial charge in [0.15, 0.2) is 5.82 Å². The summed E-state index contributed by atoms with van der Waals surface area (Å²) in [5.41, 5.74) is 1.14. The fraction of sp³-hybridized carbons (Fsp3) is 0.423. The van der Waals surface area contributed by atoms with Crippen molar-refractivity contribution in [2.75, 3.05) is 10.6 Å². The Bertz CT molecular complexity index is 1490. The van der Waals surface area contributed by atoms with E-state index in [0.717, 1.165) is 62.3 Å². The summed E-state index contributed by atoms with van der Waals surface area (Å²) in [5.74, 6) is 2.14. The van der Waals surface area contributed by atoms with Crippen molar-refractivity contribution in [2.45, 2.75) is 78.2 Å². The van der Waals surface area contributed by atoms with Gasteiger partial charge in [0.1, 0.15) is 10.6 Å². The van der Waals surface area contributed by atoms with Crippen LogP contribution in [0.4, 0.5) is 17.6 Å². The summed E-state index contributed by atoms with van der Waals surface area (Å²) in [6.07, 6.45) is 9.94. The van der Waals surface area contributed by atoms with Crippen molar-refractivity contribution < 1.29 is 0 Å². The molecule has 4 aromatic rings. The predicted molar refractivity (Wildman–Crippen MR) is 145 cm³/mol. The summed E-state index contributed by atoms with van der Waals surface area (Å²) < 4.78 is 1.14. The second-order valence-electron chi connectivity index (χ2n) is 10.4. The summed E-state index contributed by atoms with van der Waals surface area (Å²) in [6.45, 7) is 1.98. The van der Waals surface area contributed by atoms with Crippen LogP contribution in [-0.2, 0) is 0 Å². The van der Waals surface area contributed by atoms with E-state index in [1.165, 1.54) is 6.42 Å². The van der Waals surface area contributed by atoms with Crippen LogP contribution in [0.15, 0.2) is 45.8 Å². The monoisotopic (exact) mass is 529 g/mol. The molecule has 3 saturated heterocycles. The largest absolute Gasteiger partial charge is 0.351 e. The highest BCUT2D eigenvalue weighted by molar-refractivity contribution is 8.01. The highest BCUT2D eigenvalue weighted by Gasteiger charge is 2.60. The van der Waals surface area contributed by atoms with Gasteiger partial charge in [0.25, 0.3) is 0 Å². The van der Waals surface area contributed by atoms with Crippen LogP contribution < -0.4 is 10.6 Å². The number of piperidine rings is 1. The first-order chi connectivity index (χ1) is 18.1. The van der Waals surface area contributed by atoms with E-state index in [2.05, 4.69) is 48.9 Å². The first-order valence-corrected chi connectivity index (χ1v) is 14.3. The third-order valence-electron chi connectivity index (χ3n) is 7.92. The van der Waals surface area contributed by atoms with E-state index in [0.29, 0.717) is 30.5 Å². The lowest BCUT2D eigenvalue weighted by atomic mass is 9.72. The average molecular weight is 530 g/mol. The van der Waals surface area contributed by atoms with Gasteiger partial charge >= 0.3 is 0 Å². The van der Waals surface area contributed by atoms with Gasteiger partial charge in [-0.25, -0.2) is 4.98 Å². The molecule has 0 aliphatic carbocycles. The number of nitrogens with zero attached hydrogens (tertiary/aromatic N) is 6. The van der Waals surface area contributed by atoms with Gasteiger partial charge in [-0.3, -0.25) is 15.0 Å². The van der Waals surface area contributed by atoms with Gasteiger partial charge < -0.3 is 10.6 Å². The SMILES string of the molecule is Cc1cc(Nc2nc(N[C@@H]3C[C@H]4CCC5(CC#N)C[C@@H](C3)N45)nc3sc(Sc4cccnc4)cc23)n[nH]1. The Kier molecular flexibility index (Phi) is 5.57. The summed E-state index contributed by atoms with van der Waals surface area (Å²) in [6, 6.07) is 12.0. The summed E-state index contributed by atoms with van der Waals surface area (Å²) >= 11 is 3.35. The summed E-state index contributed by atoms with van der Waals surface area (Å²) in [5, 5.41) is 24.8. The number of nitrogens with one attached hydrogen (secondary N) is 3. The first-order valence-electron chi connectivity index (χ1n) is 12.7.